The van der Waals surface area contributed by atoms with Gasteiger partial charge in [0.05, 0.1) is 0 Å². The Kier molecular flexibility index (Phi) is 6.49. The summed E-state index contributed by atoms with van der Waals surface area (Å²) in [5.74, 6) is 0. The fourth-order valence-electron chi connectivity index (χ4n) is 3.74. The highest BCUT2D eigenvalue weighted by Crippen LogP contribution is 2.28. The number of hydrogen-bond acceptors (Lipinski definition) is 3. The predicted molar refractivity (Wildman–Crippen MR) is 115 cm³/mol. The van der Waals surface area contributed by atoms with Crippen LogP contribution in [0.5, 0.6) is 0 Å². The first-order valence-corrected chi connectivity index (χ1v) is 14.0. The van der Waals surface area contributed by atoms with Gasteiger partial charge < -0.3 is 15.6 Å². The standard InChI is InChI=1S/C20H32N2OSi2/c1-5-24(6-2,19-13-9-11-17(21)15-19)23-25(7-3,8-4)20-14-10-12-18(22)16-20/h9-16H,5-8,21-22H2,1-4H3. The minimum Gasteiger partial charge on any atom is -0.448 e. The number of nitrogens with two attached hydrogens (primary N) is 2. The number of benzene rings is 2. The van der Waals surface area contributed by atoms with Gasteiger partial charge in [0.15, 0.2) is 0 Å². The third-order valence-electron chi connectivity index (χ3n) is 5.50. The number of nitrogen functional groups attached to an aromatic ring is 2. The maximum Gasteiger partial charge on any atom is 0.211 e. The molecule has 0 fully saturated rings. The molecule has 0 aliphatic heterocycles. The zero-order valence-electron chi connectivity index (χ0n) is 16.0. The summed E-state index contributed by atoms with van der Waals surface area (Å²) < 4.78 is 7.27. The molecular weight excluding hydrogens is 340 g/mol. The fraction of sp³-hybridized carbons (Fsp3) is 0.400. The van der Waals surface area contributed by atoms with Crippen LogP contribution in [0.15, 0.2) is 48.5 Å². The molecule has 2 aromatic rings. The normalized spacial score (nSPS) is 12.3. The number of rotatable bonds is 8. The van der Waals surface area contributed by atoms with E-state index in [1.54, 1.807) is 0 Å². The first kappa shape index (κ1) is 19.8. The molecule has 25 heavy (non-hydrogen) atoms. The van der Waals surface area contributed by atoms with E-state index in [1.807, 2.05) is 12.1 Å². The van der Waals surface area contributed by atoms with Crippen molar-refractivity contribution in [2.24, 2.45) is 0 Å². The highest BCUT2D eigenvalue weighted by Gasteiger charge is 2.44. The Morgan fingerprint density at radius 3 is 1.32 bits per heavy atom. The smallest absolute Gasteiger partial charge is 0.211 e. The van der Waals surface area contributed by atoms with Gasteiger partial charge in [0, 0.05) is 11.4 Å². The van der Waals surface area contributed by atoms with Crippen LogP contribution < -0.4 is 21.8 Å². The van der Waals surface area contributed by atoms with Gasteiger partial charge in [0.2, 0.25) is 16.6 Å². The molecule has 0 amide bonds. The lowest BCUT2D eigenvalue weighted by atomic mass is 10.3. The molecule has 4 N–H and O–H groups in total. The maximum absolute atomic E-state index is 7.27. The zero-order valence-corrected chi connectivity index (χ0v) is 18.0. The Morgan fingerprint density at radius 1 is 0.680 bits per heavy atom. The van der Waals surface area contributed by atoms with E-state index in [2.05, 4.69) is 64.1 Å². The summed E-state index contributed by atoms with van der Waals surface area (Å²) in [5, 5.41) is 2.64. The van der Waals surface area contributed by atoms with Crippen molar-refractivity contribution in [3.05, 3.63) is 48.5 Å². The van der Waals surface area contributed by atoms with Crippen LogP contribution in [0.25, 0.3) is 0 Å². The van der Waals surface area contributed by atoms with Crippen LogP contribution in [-0.4, -0.2) is 16.6 Å². The molecule has 2 aromatic carbocycles. The average molecular weight is 373 g/mol. The van der Waals surface area contributed by atoms with Crippen LogP contribution in [-0.2, 0) is 4.12 Å². The minimum atomic E-state index is -2.09. The number of anilines is 2. The Balaban J connectivity index is 2.54. The van der Waals surface area contributed by atoms with E-state index in [-0.39, 0.29) is 0 Å². The van der Waals surface area contributed by atoms with E-state index in [0.29, 0.717) is 0 Å². The van der Waals surface area contributed by atoms with Crippen molar-refractivity contribution in [2.45, 2.75) is 51.9 Å². The quantitative estimate of drug-likeness (QED) is 0.545. The van der Waals surface area contributed by atoms with E-state index in [4.69, 9.17) is 15.6 Å². The fourth-order valence-corrected chi connectivity index (χ4v) is 14.3. The Bertz CT molecular complexity index is 638. The molecule has 0 heterocycles. The molecule has 3 nitrogen and oxygen atoms in total. The second-order valence-corrected chi connectivity index (χ2v) is 15.5. The van der Waals surface area contributed by atoms with Crippen LogP contribution in [0, 0.1) is 0 Å². The maximum atomic E-state index is 7.27. The lowest BCUT2D eigenvalue weighted by Gasteiger charge is -2.41. The molecule has 136 valence electrons. The lowest BCUT2D eigenvalue weighted by molar-refractivity contribution is 0.540. The Hall–Kier alpha value is -1.57. The molecular formula is C20H32N2OSi2. The summed E-state index contributed by atoms with van der Waals surface area (Å²) in [7, 11) is -4.18. The van der Waals surface area contributed by atoms with E-state index in [1.165, 1.54) is 10.4 Å². The second kappa shape index (κ2) is 8.21. The lowest BCUT2D eigenvalue weighted by Crippen LogP contribution is -2.62. The summed E-state index contributed by atoms with van der Waals surface area (Å²) in [6, 6.07) is 20.9. The van der Waals surface area contributed by atoms with Crippen molar-refractivity contribution in [3.8, 4) is 0 Å². The van der Waals surface area contributed by atoms with Gasteiger partial charge in [-0.2, -0.15) is 0 Å². The molecule has 0 unspecified atom stereocenters. The molecule has 0 aliphatic carbocycles. The van der Waals surface area contributed by atoms with E-state index in [9.17, 15) is 0 Å². The van der Waals surface area contributed by atoms with Crippen molar-refractivity contribution in [3.63, 3.8) is 0 Å². The van der Waals surface area contributed by atoms with E-state index >= 15 is 0 Å². The van der Waals surface area contributed by atoms with Crippen molar-refractivity contribution in [1.82, 2.24) is 0 Å². The van der Waals surface area contributed by atoms with Gasteiger partial charge in [-0.3, -0.25) is 0 Å². The van der Waals surface area contributed by atoms with Crippen molar-refractivity contribution in [1.29, 1.82) is 0 Å². The highest BCUT2D eigenvalue weighted by molar-refractivity contribution is 6.98. The molecule has 0 bridgehead atoms. The topological polar surface area (TPSA) is 61.3 Å². The van der Waals surface area contributed by atoms with Gasteiger partial charge in [0.1, 0.15) is 0 Å². The SMILES string of the molecule is CC[Si](CC)(O[Si](CC)(CC)c1cccc(N)c1)c1cccc(N)c1. The summed E-state index contributed by atoms with van der Waals surface area (Å²) >= 11 is 0. The van der Waals surface area contributed by atoms with Crippen LogP contribution in [0.4, 0.5) is 11.4 Å². The average Bonchev–Trinajstić information content (AvgIpc) is 2.64. The van der Waals surface area contributed by atoms with Crippen LogP contribution >= 0.6 is 0 Å². The van der Waals surface area contributed by atoms with Crippen LogP contribution in [0.3, 0.4) is 0 Å². The molecule has 0 spiro atoms. The predicted octanol–water partition coefficient (Wildman–Crippen LogP) is 3.95. The van der Waals surface area contributed by atoms with Gasteiger partial charge in [-0.1, -0.05) is 52.0 Å². The first-order chi connectivity index (χ1) is 11.9. The summed E-state index contributed by atoms with van der Waals surface area (Å²) in [6.07, 6.45) is 0. The van der Waals surface area contributed by atoms with Crippen molar-refractivity contribution < 1.29 is 4.12 Å². The summed E-state index contributed by atoms with van der Waals surface area (Å²) in [4.78, 5) is 0. The van der Waals surface area contributed by atoms with Gasteiger partial charge >= 0.3 is 0 Å². The first-order valence-electron chi connectivity index (χ1n) is 9.37. The second-order valence-electron chi connectivity index (χ2n) is 6.76. The largest absolute Gasteiger partial charge is 0.448 e. The van der Waals surface area contributed by atoms with Gasteiger partial charge in [0.25, 0.3) is 0 Å². The molecule has 0 saturated carbocycles. The molecule has 2 rings (SSSR count). The highest BCUT2D eigenvalue weighted by atomic mass is 28.4. The molecule has 0 aliphatic rings. The molecule has 0 radical (unpaired) electrons. The Morgan fingerprint density at radius 2 is 1.04 bits per heavy atom. The van der Waals surface area contributed by atoms with Gasteiger partial charge in [-0.25, -0.2) is 0 Å². The zero-order chi connectivity index (χ0) is 18.5. The van der Waals surface area contributed by atoms with E-state index < -0.39 is 16.6 Å². The van der Waals surface area contributed by atoms with E-state index in [0.717, 1.165) is 35.6 Å². The summed E-state index contributed by atoms with van der Waals surface area (Å²) in [5.41, 5.74) is 13.8. The monoisotopic (exact) mass is 372 g/mol. The van der Waals surface area contributed by atoms with Gasteiger partial charge in [-0.15, -0.1) is 0 Å². The molecule has 0 saturated heterocycles. The van der Waals surface area contributed by atoms with Crippen molar-refractivity contribution in [2.75, 3.05) is 11.5 Å². The third-order valence-corrected chi connectivity index (χ3v) is 15.9. The molecule has 0 atom stereocenters. The van der Waals surface area contributed by atoms with Crippen molar-refractivity contribution >= 4 is 38.4 Å². The summed E-state index contributed by atoms with van der Waals surface area (Å²) in [6.45, 7) is 9.07. The van der Waals surface area contributed by atoms with Crippen LogP contribution in [0.1, 0.15) is 27.7 Å². The van der Waals surface area contributed by atoms with Gasteiger partial charge in [-0.05, 0) is 58.8 Å². The number of hydrogen-bond donors (Lipinski definition) is 2. The molecule has 5 heteroatoms. The Labute approximate surface area is 154 Å². The van der Waals surface area contributed by atoms with Crippen LogP contribution in [0.2, 0.25) is 24.2 Å². The molecule has 0 aromatic heterocycles. The minimum absolute atomic E-state index is 0.823. The third kappa shape index (κ3) is 3.99.